The third-order valence-corrected chi connectivity index (χ3v) is 2.64. The van der Waals surface area contributed by atoms with Gasteiger partial charge < -0.3 is 4.74 Å². The number of hydrogen-bond acceptors (Lipinski definition) is 4. The molecular weight excluding hydrogens is 240 g/mol. The van der Waals surface area contributed by atoms with Crippen LogP contribution in [0.1, 0.15) is 17.2 Å². The molecule has 0 aliphatic heterocycles. The van der Waals surface area contributed by atoms with Gasteiger partial charge in [0.15, 0.2) is 11.6 Å². The summed E-state index contributed by atoms with van der Waals surface area (Å²) in [4.78, 5) is 0. The molecule has 0 saturated carbocycles. The van der Waals surface area contributed by atoms with Crippen LogP contribution in [0.3, 0.4) is 0 Å². The molecule has 0 unspecified atom stereocenters. The maximum atomic E-state index is 5.27. The summed E-state index contributed by atoms with van der Waals surface area (Å²) in [5, 5.41) is 12.1. The van der Waals surface area contributed by atoms with E-state index in [1.54, 1.807) is 18.0 Å². The zero-order valence-corrected chi connectivity index (χ0v) is 11.2. The number of aryl methyl sites for hydroxylation is 2. The Bertz CT molecular complexity index is 594. The quantitative estimate of drug-likeness (QED) is 0.789. The summed E-state index contributed by atoms with van der Waals surface area (Å²) < 4.78 is 6.95. The summed E-state index contributed by atoms with van der Waals surface area (Å²) in [6.45, 7) is 3.72. The highest BCUT2D eigenvalue weighted by atomic mass is 16.5. The van der Waals surface area contributed by atoms with Crippen LogP contribution in [0.5, 0.6) is 5.75 Å². The number of ether oxygens (including phenoxy) is 1. The Morgan fingerprint density at radius 3 is 2.53 bits per heavy atom. The van der Waals surface area contributed by atoms with Crippen molar-refractivity contribution in [3.8, 4) is 5.75 Å². The fourth-order valence-electron chi connectivity index (χ4n) is 1.69. The molecule has 0 aliphatic carbocycles. The van der Waals surface area contributed by atoms with Crippen LogP contribution in [0, 0.1) is 13.8 Å². The van der Waals surface area contributed by atoms with E-state index in [2.05, 4.69) is 15.3 Å². The van der Waals surface area contributed by atoms with Crippen molar-refractivity contribution >= 4 is 12.3 Å². The first-order valence-corrected chi connectivity index (χ1v) is 5.95. The largest absolute Gasteiger partial charge is 0.496 e. The SMILES string of the molecule is COc1ccccc1/C=C/C=N\n1c(C)nnc1C. The van der Waals surface area contributed by atoms with Gasteiger partial charge in [-0.15, -0.1) is 10.2 Å². The second kappa shape index (κ2) is 5.95. The van der Waals surface area contributed by atoms with Gasteiger partial charge >= 0.3 is 0 Å². The van der Waals surface area contributed by atoms with Gasteiger partial charge in [0.05, 0.1) is 7.11 Å². The van der Waals surface area contributed by atoms with Crippen molar-refractivity contribution in [2.75, 3.05) is 7.11 Å². The van der Waals surface area contributed by atoms with E-state index in [0.29, 0.717) is 0 Å². The Hall–Kier alpha value is -2.43. The highest BCUT2D eigenvalue weighted by molar-refractivity contribution is 5.79. The van der Waals surface area contributed by atoms with Crippen molar-refractivity contribution in [2.45, 2.75) is 13.8 Å². The van der Waals surface area contributed by atoms with E-state index in [1.165, 1.54) is 0 Å². The number of allylic oxidation sites excluding steroid dienone is 1. The van der Waals surface area contributed by atoms with Crippen LogP contribution in [0.25, 0.3) is 6.08 Å². The molecule has 1 aromatic heterocycles. The van der Waals surface area contributed by atoms with E-state index >= 15 is 0 Å². The smallest absolute Gasteiger partial charge is 0.151 e. The van der Waals surface area contributed by atoms with Gasteiger partial charge in [0.2, 0.25) is 0 Å². The summed E-state index contributed by atoms with van der Waals surface area (Å²) in [5.74, 6) is 2.36. The highest BCUT2D eigenvalue weighted by Gasteiger charge is 2.00. The van der Waals surface area contributed by atoms with Crippen LogP contribution < -0.4 is 4.74 Å². The van der Waals surface area contributed by atoms with E-state index in [-0.39, 0.29) is 0 Å². The summed E-state index contributed by atoms with van der Waals surface area (Å²) >= 11 is 0. The van der Waals surface area contributed by atoms with E-state index in [1.807, 2.05) is 50.3 Å². The third kappa shape index (κ3) is 3.07. The van der Waals surface area contributed by atoms with Gasteiger partial charge in [-0.3, -0.25) is 0 Å². The number of aromatic nitrogens is 3. The average molecular weight is 256 g/mol. The second-order valence-corrected chi connectivity index (χ2v) is 3.97. The van der Waals surface area contributed by atoms with Crippen molar-refractivity contribution in [3.05, 3.63) is 47.6 Å². The normalized spacial score (nSPS) is 11.5. The lowest BCUT2D eigenvalue weighted by Crippen LogP contribution is -1.94. The number of rotatable bonds is 4. The zero-order chi connectivity index (χ0) is 13.7. The molecule has 0 spiro atoms. The van der Waals surface area contributed by atoms with Crippen molar-refractivity contribution in [1.29, 1.82) is 0 Å². The second-order valence-electron chi connectivity index (χ2n) is 3.97. The molecule has 2 aromatic rings. The van der Waals surface area contributed by atoms with Crippen molar-refractivity contribution < 1.29 is 4.74 Å². The molecule has 19 heavy (non-hydrogen) atoms. The molecule has 0 radical (unpaired) electrons. The lowest BCUT2D eigenvalue weighted by Gasteiger charge is -2.02. The molecule has 0 fully saturated rings. The Balaban J connectivity index is 2.12. The highest BCUT2D eigenvalue weighted by Crippen LogP contribution is 2.18. The minimum Gasteiger partial charge on any atom is -0.496 e. The zero-order valence-electron chi connectivity index (χ0n) is 11.2. The van der Waals surface area contributed by atoms with Crippen LogP contribution >= 0.6 is 0 Å². The van der Waals surface area contributed by atoms with E-state index < -0.39 is 0 Å². The summed E-state index contributed by atoms with van der Waals surface area (Å²) in [6, 6.07) is 7.81. The van der Waals surface area contributed by atoms with Crippen LogP contribution in [0.15, 0.2) is 35.4 Å². The van der Waals surface area contributed by atoms with E-state index in [4.69, 9.17) is 4.74 Å². The van der Waals surface area contributed by atoms with Crippen LogP contribution in [-0.4, -0.2) is 28.2 Å². The first-order valence-electron chi connectivity index (χ1n) is 5.95. The minimum atomic E-state index is 0.763. The minimum absolute atomic E-state index is 0.763. The molecule has 0 amide bonds. The van der Waals surface area contributed by atoms with Crippen LogP contribution in [-0.2, 0) is 0 Å². The average Bonchev–Trinajstić information content (AvgIpc) is 2.75. The molecular formula is C14H16N4O. The molecule has 5 heteroatoms. The predicted molar refractivity (Wildman–Crippen MR) is 75.4 cm³/mol. The maximum Gasteiger partial charge on any atom is 0.151 e. The van der Waals surface area contributed by atoms with Gasteiger partial charge in [-0.2, -0.15) is 5.10 Å². The van der Waals surface area contributed by atoms with E-state index in [9.17, 15) is 0 Å². The van der Waals surface area contributed by atoms with Gasteiger partial charge in [0.25, 0.3) is 0 Å². The lowest BCUT2D eigenvalue weighted by molar-refractivity contribution is 0.414. The van der Waals surface area contributed by atoms with Gasteiger partial charge in [-0.25, -0.2) is 4.68 Å². The Morgan fingerprint density at radius 1 is 1.16 bits per heavy atom. The van der Waals surface area contributed by atoms with Gasteiger partial charge in [-0.05, 0) is 32.1 Å². The number of para-hydroxylation sites is 1. The summed E-state index contributed by atoms with van der Waals surface area (Å²) in [5.41, 5.74) is 1.01. The first kappa shape index (κ1) is 13.0. The van der Waals surface area contributed by atoms with Crippen LogP contribution in [0.2, 0.25) is 0 Å². The van der Waals surface area contributed by atoms with Gasteiger partial charge in [0.1, 0.15) is 5.75 Å². The molecule has 0 bridgehead atoms. The molecule has 1 heterocycles. The molecule has 0 N–H and O–H groups in total. The monoisotopic (exact) mass is 256 g/mol. The Kier molecular flexibility index (Phi) is 4.07. The molecule has 0 aliphatic rings. The molecule has 5 nitrogen and oxygen atoms in total. The fourth-order valence-corrected chi connectivity index (χ4v) is 1.69. The number of methoxy groups -OCH3 is 1. The summed E-state index contributed by atoms with van der Waals surface area (Å²) in [6.07, 6.45) is 5.50. The third-order valence-electron chi connectivity index (χ3n) is 2.64. The molecule has 0 atom stereocenters. The number of benzene rings is 1. The number of hydrogen-bond donors (Lipinski definition) is 0. The first-order chi connectivity index (χ1) is 9.22. The molecule has 1 aromatic carbocycles. The molecule has 98 valence electrons. The number of nitrogens with zero attached hydrogens (tertiary/aromatic N) is 4. The lowest BCUT2D eigenvalue weighted by atomic mass is 10.2. The topological polar surface area (TPSA) is 52.3 Å². The molecule has 0 saturated heterocycles. The summed E-state index contributed by atoms with van der Waals surface area (Å²) in [7, 11) is 1.66. The van der Waals surface area contributed by atoms with Crippen molar-refractivity contribution in [3.63, 3.8) is 0 Å². The Labute approximate surface area is 112 Å². The van der Waals surface area contributed by atoms with Gasteiger partial charge in [-0.1, -0.05) is 18.2 Å². The standard InChI is InChI=1S/C14H16N4O/c1-11-16-17-12(2)18(11)15-10-6-8-13-7-4-5-9-14(13)19-3/h4-10H,1-3H3/b8-6+,15-10-. The fraction of sp³-hybridized carbons (Fsp3) is 0.214. The maximum absolute atomic E-state index is 5.27. The van der Waals surface area contributed by atoms with Gasteiger partial charge in [0, 0.05) is 11.8 Å². The predicted octanol–water partition coefficient (Wildman–Crippen LogP) is 2.45. The molecule has 2 rings (SSSR count). The van der Waals surface area contributed by atoms with Crippen molar-refractivity contribution in [1.82, 2.24) is 14.9 Å². The van der Waals surface area contributed by atoms with E-state index in [0.717, 1.165) is 23.0 Å². The van der Waals surface area contributed by atoms with Crippen LogP contribution in [0.4, 0.5) is 0 Å². The Morgan fingerprint density at radius 2 is 1.84 bits per heavy atom. The van der Waals surface area contributed by atoms with Crippen molar-refractivity contribution in [2.24, 2.45) is 5.10 Å².